The van der Waals surface area contributed by atoms with Crippen molar-refractivity contribution in [3.63, 3.8) is 0 Å². The number of carboxylic acids is 1. The Balaban J connectivity index is 3.28. The van der Waals surface area contributed by atoms with E-state index in [1.807, 2.05) is 0 Å². The normalized spacial score (nSPS) is 10.8. The van der Waals surface area contributed by atoms with Gasteiger partial charge in [-0.25, -0.2) is 4.79 Å². The van der Waals surface area contributed by atoms with Crippen LogP contribution < -0.4 is 0 Å². The van der Waals surface area contributed by atoms with Gasteiger partial charge in [0.15, 0.2) is 5.78 Å². The summed E-state index contributed by atoms with van der Waals surface area (Å²) in [6.45, 7) is 0. The zero-order chi connectivity index (χ0) is 13.2. The first-order valence-electron chi connectivity index (χ1n) is 4.13. The van der Waals surface area contributed by atoms with Crippen molar-refractivity contribution in [3.05, 3.63) is 43.9 Å². The van der Waals surface area contributed by atoms with E-state index < -0.39 is 11.8 Å². The number of ketones is 1. The van der Waals surface area contributed by atoms with E-state index in [9.17, 15) is 9.59 Å². The first kappa shape index (κ1) is 14.3. The number of carbonyl (C=O) groups is 2. The van der Waals surface area contributed by atoms with E-state index in [-0.39, 0.29) is 25.7 Å². The van der Waals surface area contributed by atoms with Crippen LogP contribution in [0.2, 0.25) is 20.1 Å². The lowest BCUT2D eigenvalue weighted by Gasteiger charge is -2.06. The summed E-state index contributed by atoms with van der Waals surface area (Å²) in [5.74, 6) is -1.92. The van der Waals surface area contributed by atoms with Crippen LogP contribution in [0.15, 0.2) is 18.2 Å². The molecule has 1 aromatic rings. The van der Waals surface area contributed by atoms with E-state index in [2.05, 4.69) is 0 Å². The van der Waals surface area contributed by atoms with Crippen LogP contribution in [-0.2, 0) is 4.79 Å². The third-order valence-electron chi connectivity index (χ3n) is 1.74. The molecule has 0 aliphatic heterocycles. The molecule has 0 atom stereocenters. The highest BCUT2D eigenvalue weighted by Gasteiger charge is 2.18. The molecule has 0 amide bonds. The van der Waals surface area contributed by atoms with Crippen LogP contribution in [0, 0.1) is 0 Å². The molecule has 1 N–H and O–H groups in total. The number of allylic oxidation sites excluding steroid dienone is 1. The summed E-state index contributed by atoms with van der Waals surface area (Å²) in [4.78, 5) is 21.9. The molecule has 7 heteroatoms. The Morgan fingerprint density at radius 1 is 1.00 bits per heavy atom. The number of carboxylic acid groups (broad SMARTS) is 1. The van der Waals surface area contributed by atoms with E-state index in [0.29, 0.717) is 6.08 Å². The van der Waals surface area contributed by atoms with Gasteiger partial charge in [-0.2, -0.15) is 0 Å². The molecule has 0 bridgehead atoms. The smallest absolute Gasteiger partial charge is 0.328 e. The highest BCUT2D eigenvalue weighted by atomic mass is 35.5. The highest BCUT2D eigenvalue weighted by molar-refractivity contribution is 6.51. The van der Waals surface area contributed by atoms with Gasteiger partial charge in [0.2, 0.25) is 0 Å². The molecule has 1 rings (SSSR count). The average molecular weight is 314 g/mol. The Bertz CT molecular complexity index is 523. The van der Waals surface area contributed by atoms with Crippen LogP contribution in [0.3, 0.4) is 0 Å². The molecular formula is C10H4Cl4O3. The van der Waals surface area contributed by atoms with E-state index >= 15 is 0 Å². The number of carbonyl (C=O) groups excluding carboxylic acids is 1. The van der Waals surface area contributed by atoms with Crippen molar-refractivity contribution in [1.82, 2.24) is 0 Å². The zero-order valence-corrected chi connectivity index (χ0v) is 11.0. The summed E-state index contributed by atoms with van der Waals surface area (Å²) >= 11 is 23.0. The molecule has 1 aromatic carbocycles. The summed E-state index contributed by atoms with van der Waals surface area (Å²) < 4.78 is 0. The van der Waals surface area contributed by atoms with Crippen LogP contribution in [0.25, 0.3) is 0 Å². The average Bonchev–Trinajstić information content (AvgIpc) is 2.23. The van der Waals surface area contributed by atoms with Gasteiger partial charge >= 0.3 is 5.97 Å². The fourth-order valence-electron chi connectivity index (χ4n) is 1.02. The second-order valence-electron chi connectivity index (χ2n) is 2.88. The van der Waals surface area contributed by atoms with Gasteiger partial charge in [-0.1, -0.05) is 46.4 Å². The number of hydrogen-bond donors (Lipinski definition) is 1. The van der Waals surface area contributed by atoms with Crippen LogP contribution >= 0.6 is 46.4 Å². The topological polar surface area (TPSA) is 54.4 Å². The number of halogens is 4. The van der Waals surface area contributed by atoms with Crippen molar-refractivity contribution >= 4 is 58.2 Å². The van der Waals surface area contributed by atoms with Gasteiger partial charge in [0.05, 0.1) is 25.7 Å². The number of benzene rings is 1. The van der Waals surface area contributed by atoms with Crippen molar-refractivity contribution in [2.75, 3.05) is 0 Å². The Labute approximate surface area is 117 Å². The molecule has 0 aliphatic rings. The van der Waals surface area contributed by atoms with E-state index in [1.54, 1.807) is 0 Å². The van der Waals surface area contributed by atoms with E-state index in [0.717, 1.165) is 6.08 Å². The fourth-order valence-corrected chi connectivity index (χ4v) is 2.12. The Kier molecular flexibility index (Phi) is 4.83. The minimum Gasteiger partial charge on any atom is -0.478 e. The van der Waals surface area contributed by atoms with E-state index in [4.69, 9.17) is 51.5 Å². The molecule has 0 radical (unpaired) electrons. The first-order chi connectivity index (χ1) is 7.84. The predicted octanol–water partition coefficient (Wildman–Crippen LogP) is 4.12. The summed E-state index contributed by atoms with van der Waals surface area (Å²) in [6, 6.07) is 1.26. The van der Waals surface area contributed by atoms with Gasteiger partial charge < -0.3 is 5.11 Å². The quantitative estimate of drug-likeness (QED) is 0.395. The SMILES string of the molecule is O=C(O)/C=C/C(=O)c1c(Cl)cc(Cl)c(Cl)c1Cl. The van der Waals surface area contributed by atoms with Crippen molar-refractivity contribution < 1.29 is 14.7 Å². The van der Waals surface area contributed by atoms with Gasteiger partial charge in [0, 0.05) is 6.08 Å². The van der Waals surface area contributed by atoms with Crippen LogP contribution in [0.5, 0.6) is 0 Å². The number of hydrogen-bond acceptors (Lipinski definition) is 2. The summed E-state index contributed by atoms with van der Waals surface area (Å²) in [7, 11) is 0. The largest absolute Gasteiger partial charge is 0.478 e. The Hall–Kier alpha value is -0.740. The van der Waals surface area contributed by atoms with Gasteiger partial charge in [0.25, 0.3) is 0 Å². The van der Waals surface area contributed by atoms with Crippen molar-refractivity contribution in [3.8, 4) is 0 Å². The summed E-state index contributed by atoms with van der Waals surface area (Å²) in [5, 5.41) is 8.39. The second-order valence-corrected chi connectivity index (χ2v) is 4.45. The monoisotopic (exact) mass is 312 g/mol. The van der Waals surface area contributed by atoms with Crippen molar-refractivity contribution in [2.45, 2.75) is 0 Å². The lowest BCUT2D eigenvalue weighted by molar-refractivity contribution is -0.131. The third-order valence-corrected chi connectivity index (χ3v) is 3.30. The van der Waals surface area contributed by atoms with Crippen LogP contribution in [-0.4, -0.2) is 16.9 Å². The zero-order valence-electron chi connectivity index (χ0n) is 8.01. The standard InChI is InChI=1S/C10H4Cl4O3/c11-4-3-5(12)9(13)10(14)8(4)6(15)1-2-7(16)17/h1-3H,(H,16,17)/b2-1+. The van der Waals surface area contributed by atoms with Crippen LogP contribution in [0.4, 0.5) is 0 Å². The highest BCUT2D eigenvalue weighted by Crippen LogP contribution is 2.37. The molecule has 0 spiro atoms. The molecule has 3 nitrogen and oxygen atoms in total. The van der Waals surface area contributed by atoms with Crippen molar-refractivity contribution in [2.24, 2.45) is 0 Å². The molecule has 0 aliphatic carbocycles. The maximum atomic E-state index is 11.6. The minimum absolute atomic E-state index is 0.00411. The predicted molar refractivity (Wildman–Crippen MR) is 67.6 cm³/mol. The summed E-state index contributed by atoms with van der Waals surface area (Å²) in [6.07, 6.45) is 1.51. The lowest BCUT2D eigenvalue weighted by atomic mass is 10.1. The molecule has 90 valence electrons. The molecule has 0 unspecified atom stereocenters. The number of rotatable bonds is 3. The number of aliphatic carboxylic acids is 1. The molecule has 0 saturated carbocycles. The fraction of sp³-hybridized carbons (Fsp3) is 0. The summed E-state index contributed by atoms with van der Waals surface area (Å²) in [5.41, 5.74) is -0.0831. The first-order valence-corrected chi connectivity index (χ1v) is 5.64. The molecule has 0 fully saturated rings. The molecule has 0 saturated heterocycles. The second kappa shape index (κ2) is 5.74. The Morgan fingerprint density at radius 2 is 1.59 bits per heavy atom. The van der Waals surface area contributed by atoms with Crippen LogP contribution in [0.1, 0.15) is 10.4 Å². The molecule has 0 heterocycles. The maximum Gasteiger partial charge on any atom is 0.328 e. The Morgan fingerprint density at radius 3 is 2.12 bits per heavy atom. The van der Waals surface area contributed by atoms with Gasteiger partial charge in [-0.15, -0.1) is 0 Å². The lowest BCUT2D eigenvalue weighted by Crippen LogP contribution is -1.99. The van der Waals surface area contributed by atoms with E-state index in [1.165, 1.54) is 6.07 Å². The van der Waals surface area contributed by atoms with Gasteiger partial charge in [-0.05, 0) is 12.1 Å². The third kappa shape index (κ3) is 3.36. The molecule has 0 aromatic heterocycles. The molecule has 17 heavy (non-hydrogen) atoms. The van der Waals surface area contributed by atoms with Gasteiger partial charge in [0.1, 0.15) is 0 Å². The van der Waals surface area contributed by atoms with Gasteiger partial charge in [-0.3, -0.25) is 4.79 Å². The van der Waals surface area contributed by atoms with Crippen molar-refractivity contribution in [1.29, 1.82) is 0 Å². The molecular weight excluding hydrogens is 310 g/mol. The maximum absolute atomic E-state index is 11.6. The minimum atomic E-state index is -1.26.